The van der Waals surface area contributed by atoms with E-state index in [1.165, 1.54) is 31.5 Å². The van der Waals surface area contributed by atoms with E-state index in [4.69, 9.17) is 4.74 Å². The number of benzene rings is 2. The first-order chi connectivity index (χ1) is 14.0. The molecule has 0 unspecified atom stereocenters. The number of ether oxygens (including phenoxy) is 1. The van der Waals surface area contributed by atoms with Crippen molar-refractivity contribution in [2.75, 3.05) is 12.4 Å². The molecule has 3 aromatic rings. The molecule has 1 aromatic heterocycles. The van der Waals surface area contributed by atoms with Crippen LogP contribution in [-0.2, 0) is 14.9 Å². The van der Waals surface area contributed by atoms with Gasteiger partial charge in [0, 0.05) is 23.0 Å². The normalized spacial score (nSPS) is 14.2. The van der Waals surface area contributed by atoms with Gasteiger partial charge in [-0.1, -0.05) is 30.3 Å². The molecule has 1 fully saturated rings. The Balaban J connectivity index is 1.74. The van der Waals surface area contributed by atoms with Gasteiger partial charge in [0.2, 0.25) is 0 Å². The minimum atomic E-state index is -0.833. The van der Waals surface area contributed by atoms with Crippen LogP contribution in [0.25, 0.3) is 10.8 Å². The molecule has 0 saturated heterocycles. The van der Waals surface area contributed by atoms with Gasteiger partial charge in [-0.05, 0) is 24.5 Å². The Morgan fingerprint density at radius 3 is 2.62 bits per heavy atom. The first-order valence-electron chi connectivity index (χ1n) is 8.98. The lowest BCUT2D eigenvalue weighted by Gasteiger charge is -2.14. The average Bonchev–Trinajstić information content (AvgIpc) is 3.55. The fourth-order valence-electron chi connectivity index (χ4n) is 3.51. The minimum Gasteiger partial charge on any atom is -0.468 e. The van der Waals surface area contributed by atoms with Gasteiger partial charge in [-0.2, -0.15) is 0 Å². The number of amides is 1. The second kappa shape index (κ2) is 6.97. The van der Waals surface area contributed by atoms with Crippen molar-refractivity contribution >= 4 is 34.0 Å². The maximum Gasteiger partial charge on any atom is 0.316 e. The third-order valence-electron chi connectivity index (χ3n) is 5.23. The third-order valence-corrected chi connectivity index (χ3v) is 5.23. The number of hydrogen-bond donors (Lipinski definition) is 1. The Kier molecular flexibility index (Phi) is 4.46. The summed E-state index contributed by atoms with van der Waals surface area (Å²) in [4.78, 5) is 40.1. The van der Waals surface area contributed by atoms with Crippen molar-refractivity contribution in [3.05, 3.63) is 76.1 Å². The number of fused-ring (bicyclic) bond motifs is 1. The molecule has 146 valence electrons. The molecule has 4 rings (SSSR count). The summed E-state index contributed by atoms with van der Waals surface area (Å²) in [6.07, 6.45) is 4.31. The zero-order valence-electron chi connectivity index (χ0n) is 15.5. The average molecular weight is 391 g/mol. The van der Waals surface area contributed by atoms with Crippen LogP contribution in [0.2, 0.25) is 0 Å². The molecular formula is C21H17N3O5. The largest absolute Gasteiger partial charge is 0.468 e. The standard InChI is InChI=1S/C21H17N3O5/c1-29-20(26)21(8-9-21)14-6-7-18(24(27)28)16(10-14)19(25)23-17-12-22-11-13-4-2-3-5-15(13)17/h2-7,10-12H,8-9H2,1H3,(H,23,25). The van der Waals surface area contributed by atoms with Gasteiger partial charge in [0.15, 0.2) is 0 Å². The highest BCUT2D eigenvalue weighted by atomic mass is 16.6. The summed E-state index contributed by atoms with van der Waals surface area (Å²) in [6.45, 7) is 0. The summed E-state index contributed by atoms with van der Waals surface area (Å²) in [5.74, 6) is -1.05. The first kappa shape index (κ1) is 18.5. The van der Waals surface area contributed by atoms with E-state index in [9.17, 15) is 19.7 Å². The molecule has 1 saturated carbocycles. The fraction of sp³-hybridized carbons (Fsp3) is 0.190. The van der Waals surface area contributed by atoms with Crippen molar-refractivity contribution in [2.24, 2.45) is 0 Å². The quantitative estimate of drug-likeness (QED) is 0.404. The molecule has 0 radical (unpaired) electrons. The highest BCUT2D eigenvalue weighted by Gasteiger charge is 2.53. The zero-order chi connectivity index (χ0) is 20.6. The summed E-state index contributed by atoms with van der Waals surface area (Å²) in [5, 5.41) is 15.8. The Morgan fingerprint density at radius 2 is 1.93 bits per heavy atom. The van der Waals surface area contributed by atoms with Gasteiger partial charge in [0.1, 0.15) is 5.56 Å². The molecule has 0 atom stereocenters. The van der Waals surface area contributed by atoms with Crippen molar-refractivity contribution in [1.29, 1.82) is 0 Å². The van der Waals surface area contributed by atoms with Crippen molar-refractivity contribution in [1.82, 2.24) is 4.98 Å². The summed E-state index contributed by atoms with van der Waals surface area (Å²) in [6, 6.07) is 11.5. The minimum absolute atomic E-state index is 0.115. The number of anilines is 1. The molecule has 8 heteroatoms. The Labute approximate surface area is 165 Å². The second-order valence-corrected chi connectivity index (χ2v) is 6.93. The monoisotopic (exact) mass is 391 g/mol. The zero-order valence-corrected chi connectivity index (χ0v) is 15.5. The number of pyridine rings is 1. The van der Waals surface area contributed by atoms with Gasteiger partial charge >= 0.3 is 5.97 Å². The molecule has 1 heterocycles. The summed E-state index contributed by atoms with van der Waals surface area (Å²) >= 11 is 0. The summed E-state index contributed by atoms with van der Waals surface area (Å²) in [5.41, 5.74) is -0.298. The Morgan fingerprint density at radius 1 is 1.17 bits per heavy atom. The lowest BCUT2D eigenvalue weighted by Crippen LogP contribution is -2.23. The number of methoxy groups -OCH3 is 1. The number of hydrogen-bond acceptors (Lipinski definition) is 6. The predicted molar refractivity (Wildman–Crippen MR) is 106 cm³/mol. The number of rotatable bonds is 5. The number of nitrogens with one attached hydrogen (secondary N) is 1. The molecule has 0 aliphatic heterocycles. The summed E-state index contributed by atoms with van der Waals surface area (Å²) in [7, 11) is 1.30. The summed E-state index contributed by atoms with van der Waals surface area (Å²) < 4.78 is 4.87. The lowest BCUT2D eigenvalue weighted by molar-refractivity contribution is -0.385. The van der Waals surface area contributed by atoms with E-state index in [2.05, 4.69) is 10.3 Å². The van der Waals surface area contributed by atoms with E-state index in [-0.39, 0.29) is 11.3 Å². The number of nitro benzene ring substituents is 1. The second-order valence-electron chi connectivity index (χ2n) is 6.93. The first-order valence-corrected chi connectivity index (χ1v) is 8.98. The topological polar surface area (TPSA) is 111 Å². The molecule has 2 aromatic carbocycles. The number of carbonyl (C=O) groups is 2. The Bertz CT molecular complexity index is 1150. The number of aromatic nitrogens is 1. The highest BCUT2D eigenvalue weighted by Crippen LogP contribution is 2.49. The van der Waals surface area contributed by atoms with Gasteiger partial charge in [-0.3, -0.25) is 24.7 Å². The van der Waals surface area contributed by atoms with Gasteiger partial charge in [-0.15, -0.1) is 0 Å². The maximum atomic E-state index is 13.0. The molecule has 0 spiro atoms. The van der Waals surface area contributed by atoms with Gasteiger partial charge in [0.25, 0.3) is 11.6 Å². The maximum absolute atomic E-state index is 13.0. The van der Waals surface area contributed by atoms with E-state index in [0.29, 0.717) is 24.1 Å². The number of nitro groups is 1. The molecule has 1 aliphatic carbocycles. The van der Waals surface area contributed by atoms with E-state index < -0.39 is 22.2 Å². The van der Waals surface area contributed by atoms with Crippen LogP contribution < -0.4 is 5.32 Å². The van der Waals surface area contributed by atoms with Crippen LogP contribution in [0.4, 0.5) is 11.4 Å². The number of esters is 1. The molecular weight excluding hydrogens is 374 g/mol. The van der Waals surface area contributed by atoms with E-state index in [0.717, 1.165) is 10.8 Å². The van der Waals surface area contributed by atoms with Crippen molar-refractivity contribution in [2.45, 2.75) is 18.3 Å². The number of carbonyl (C=O) groups excluding carboxylic acids is 2. The molecule has 8 nitrogen and oxygen atoms in total. The van der Waals surface area contributed by atoms with Crippen molar-refractivity contribution in [3.8, 4) is 0 Å². The SMILES string of the molecule is COC(=O)C1(c2ccc([N+](=O)[O-])c(C(=O)Nc3cncc4ccccc34)c2)CC1. The highest BCUT2D eigenvalue weighted by molar-refractivity contribution is 6.11. The van der Waals surface area contributed by atoms with Crippen LogP contribution in [0, 0.1) is 10.1 Å². The van der Waals surface area contributed by atoms with Gasteiger partial charge < -0.3 is 10.1 Å². The molecule has 1 N–H and O–H groups in total. The van der Waals surface area contributed by atoms with Gasteiger partial charge in [-0.25, -0.2) is 0 Å². The van der Waals surface area contributed by atoms with Crippen molar-refractivity contribution < 1.29 is 19.2 Å². The van der Waals surface area contributed by atoms with E-state index >= 15 is 0 Å². The van der Waals surface area contributed by atoms with Gasteiger partial charge in [0.05, 0.1) is 29.3 Å². The molecule has 29 heavy (non-hydrogen) atoms. The lowest BCUT2D eigenvalue weighted by atomic mass is 9.93. The van der Waals surface area contributed by atoms with Crippen LogP contribution >= 0.6 is 0 Å². The molecule has 1 amide bonds. The molecule has 1 aliphatic rings. The number of nitrogens with zero attached hydrogens (tertiary/aromatic N) is 2. The van der Waals surface area contributed by atoms with Crippen molar-refractivity contribution in [3.63, 3.8) is 0 Å². The van der Waals surface area contributed by atoms with E-state index in [1.54, 1.807) is 6.20 Å². The van der Waals surface area contributed by atoms with Crippen LogP contribution in [0.15, 0.2) is 54.9 Å². The van der Waals surface area contributed by atoms with Crippen LogP contribution in [-0.4, -0.2) is 28.9 Å². The smallest absolute Gasteiger partial charge is 0.316 e. The predicted octanol–water partition coefficient (Wildman–Crippen LogP) is 3.60. The van der Waals surface area contributed by atoms with Crippen LogP contribution in [0.1, 0.15) is 28.8 Å². The fourth-order valence-corrected chi connectivity index (χ4v) is 3.51. The Hall–Kier alpha value is -3.81. The van der Waals surface area contributed by atoms with Crippen LogP contribution in [0.5, 0.6) is 0 Å². The molecule has 0 bridgehead atoms. The van der Waals surface area contributed by atoms with E-state index in [1.807, 2.05) is 24.3 Å². The third kappa shape index (κ3) is 3.18. The van der Waals surface area contributed by atoms with Crippen LogP contribution in [0.3, 0.4) is 0 Å².